The van der Waals surface area contributed by atoms with E-state index in [1.165, 1.54) is 5.56 Å². The molecule has 2 atom stereocenters. The zero-order chi connectivity index (χ0) is 26.3. The molecular formula is C28H40N4O4. The Kier molecular flexibility index (Phi) is 9.38. The maximum absolute atomic E-state index is 12.6. The minimum absolute atomic E-state index is 0.0881. The molecular weight excluding hydrogens is 456 g/mol. The lowest BCUT2D eigenvalue weighted by molar-refractivity contribution is -0.119. The van der Waals surface area contributed by atoms with Gasteiger partial charge in [0, 0.05) is 41.8 Å². The van der Waals surface area contributed by atoms with E-state index in [9.17, 15) is 14.4 Å². The Morgan fingerprint density at radius 1 is 1.08 bits per heavy atom. The number of anilines is 1. The Hall–Kier alpha value is -3.05. The summed E-state index contributed by atoms with van der Waals surface area (Å²) in [5, 5.41) is 9.48. The Balaban J connectivity index is 1.46. The fraction of sp³-hybridized carbons (Fsp3) is 0.607. The van der Waals surface area contributed by atoms with Crippen molar-refractivity contribution in [2.24, 2.45) is 0 Å². The number of benzene rings is 1. The summed E-state index contributed by atoms with van der Waals surface area (Å²) in [4.78, 5) is 38.3. The summed E-state index contributed by atoms with van der Waals surface area (Å²) in [6.07, 6.45) is 4.49. The average Bonchev–Trinajstić information content (AvgIpc) is 2.81. The standard InChI is InChI=1S/C28H40N4O4/c1-6-26(34)32-19(2)18-23(22-10-7-8-11-24(22)32)29-20-13-15-21(16-14-20)30-25(33)12-9-17-36-27(35)31-28(3,4)5/h7-8,10-11,19-21,23,29H,6,13-18H2,1-5H3,(H,30,33)(H,31,35)/t19-,20?,21?,23+/m0/s1. The Bertz CT molecular complexity index is 999. The van der Waals surface area contributed by atoms with Crippen LogP contribution < -0.4 is 20.9 Å². The van der Waals surface area contributed by atoms with Crippen molar-refractivity contribution >= 4 is 23.6 Å². The molecule has 1 heterocycles. The molecule has 1 aliphatic heterocycles. The second-order valence-corrected chi connectivity index (χ2v) is 10.8. The van der Waals surface area contributed by atoms with Crippen LogP contribution in [0.25, 0.3) is 0 Å². The van der Waals surface area contributed by atoms with Gasteiger partial charge in [-0.15, -0.1) is 0 Å². The first kappa shape index (κ1) is 27.5. The van der Waals surface area contributed by atoms with Gasteiger partial charge in [0.1, 0.15) is 0 Å². The molecule has 36 heavy (non-hydrogen) atoms. The van der Waals surface area contributed by atoms with E-state index in [-0.39, 0.29) is 42.1 Å². The van der Waals surface area contributed by atoms with Crippen molar-refractivity contribution in [3.63, 3.8) is 0 Å². The van der Waals surface area contributed by atoms with Gasteiger partial charge in [-0.2, -0.15) is 0 Å². The summed E-state index contributed by atoms with van der Waals surface area (Å²) in [7, 11) is 0. The summed E-state index contributed by atoms with van der Waals surface area (Å²) in [6, 6.07) is 8.99. The third-order valence-electron chi connectivity index (χ3n) is 6.61. The lowest BCUT2D eigenvalue weighted by atomic mass is 9.87. The number of carbonyl (C=O) groups is 3. The van der Waals surface area contributed by atoms with Crippen molar-refractivity contribution in [1.82, 2.24) is 16.0 Å². The number of carbonyl (C=O) groups excluding carboxylic acids is 3. The summed E-state index contributed by atoms with van der Waals surface area (Å²) < 4.78 is 4.97. The summed E-state index contributed by atoms with van der Waals surface area (Å²) in [6.45, 7) is 9.47. The predicted molar refractivity (Wildman–Crippen MR) is 140 cm³/mol. The minimum atomic E-state index is -0.553. The van der Waals surface area contributed by atoms with Crippen LogP contribution in [0.3, 0.4) is 0 Å². The normalized spacial score (nSPS) is 23.5. The van der Waals surface area contributed by atoms with E-state index >= 15 is 0 Å². The quantitative estimate of drug-likeness (QED) is 0.539. The van der Waals surface area contributed by atoms with E-state index in [4.69, 9.17) is 4.74 Å². The molecule has 0 unspecified atom stereocenters. The van der Waals surface area contributed by atoms with Crippen molar-refractivity contribution in [2.45, 2.75) is 103 Å². The molecule has 1 fully saturated rings. The first-order valence-corrected chi connectivity index (χ1v) is 13.0. The first-order valence-electron chi connectivity index (χ1n) is 13.0. The number of hydrogen-bond acceptors (Lipinski definition) is 5. The molecule has 3 rings (SSSR count). The van der Waals surface area contributed by atoms with E-state index in [1.807, 2.05) is 50.8 Å². The van der Waals surface area contributed by atoms with Crippen LogP contribution in [-0.2, 0) is 14.3 Å². The van der Waals surface area contributed by atoms with E-state index in [1.54, 1.807) is 0 Å². The lowest BCUT2D eigenvalue weighted by Gasteiger charge is -2.41. The number of fused-ring (bicyclic) bond motifs is 1. The highest BCUT2D eigenvalue weighted by atomic mass is 16.5. The summed E-state index contributed by atoms with van der Waals surface area (Å²) in [5.74, 6) is 4.92. The summed E-state index contributed by atoms with van der Waals surface area (Å²) >= 11 is 0. The van der Waals surface area contributed by atoms with E-state index in [2.05, 4.69) is 40.8 Å². The fourth-order valence-electron chi connectivity index (χ4n) is 4.99. The van der Waals surface area contributed by atoms with Crippen LogP contribution in [-0.4, -0.2) is 48.2 Å². The van der Waals surface area contributed by atoms with Gasteiger partial charge < -0.3 is 25.6 Å². The zero-order valence-electron chi connectivity index (χ0n) is 22.1. The Morgan fingerprint density at radius 2 is 1.75 bits per heavy atom. The Morgan fingerprint density at radius 3 is 2.42 bits per heavy atom. The second kappa shape index (κ2) is 12.3. The van der Waals surface area contributed by atoms with Crippen LogP contribution in [0.15, 0.2) is 24.3 Å². The maximum atomic E-state index is 12.6. The fourth-order valence-corrected chi connectivity index (χ4v) is 4.99. The SMILES string of the molecule is CCC(=O)N1c2ccccc2[C@H](NC2CCC(NC(=O)C#CCOC(=O)NC(C)(C)C)CC2)C[C@@H]1C. The number of amides is 3. The van der Waals surface area contributed by atoms with Crippen molar-refractivity contribution < 1.29 is 19.1 Å². The summed E-state index contributed by atoms with van der Waals surface area (Å²) in [5.41, 5.74) is 1.81. The predicted octanol–water partition coefficient (Wildman–Crippen LogP) is 3.81. The van der Waals surface area contributed by atoms with E-state index in [0.717, 1.165) is 37.8 Å². The van der Waals surface area contributed by atoms with Crippen molar-refractivity contribution in [1.29, 1.82) is 0 Å². The molecule has 196 valence electrons. The van der Waals surface area contributed by atoms with Gasteiger partial charge in [0.2, 0.25) is 5.91 Å². The zero-order valence-corrected chi connectivity index (χ0v) is 22.1. The van der Waals surface area contributed by atoms with E-state index < -0.39 is 6.09 Å². The average molecular weight is 497 g/mol. The van der Waals surface area contributed by atoms with Crippen LogP contribution >= 0.6 is 0 Å². The molecule has 0 spiro atoms. The molecule has 1 saturated carbocycles. The van der Waals surface area contributed by atoms with Gasteiger partial charge in [0.25, 0.3) is 5.91 Å². The lowest BCUT2D eigenvalue weighted by Crippen LogP contribution is -2.48. The third-order valence-corrected chi connectivity index (χ3v) is 6.61. The number of ether oxygens (including phenoxy) is 1. The minimum Gasteiger partial charge on any atom is -0.436 e. The highest BCUT2D eigenvalue weighted by molar-refractivity contribution is 5.95. The van der Waals surface area contributed by atoms with Gasteiger partial charge in [-0.25, -0.2) is 4.79 Å². The molecule has 1 aromatic rings. The largest absolute Gasteiger partial charge is 0.436 e. The van der Waals surface area contributed by atoms with Gasteiger partial charge in [-0.3, -0.25) is 9.59 Å². The highest BCUT2D eigenvalue weighted by Gasteiger charge is 2.34. The molecule has 1 aromatic carbocycles. The number of rotatable bonds is 5. The molecule has 8 nitrogen and oxygen atoms in total. The molecule has 0 radical (unpaired) electrons. The highest BCUT2D eigenvalue weighted by Crippen LogP contribution is 2.38. The topological polar surface area (TPSA) is 99.8 Å². The Labute approximate surface area is 214 Å². The van der Waals surface area contributed by atoms with Gasteiger partial charge >= 0.3 is 6.09 Å². The molecule has 0 saturated heterocycles. The maximum Gasteiger partial charge on any atom is 0.408 e. The van der Waals surface area contributed by atoms with Crippen LogP contribution in [0.2, 0.25) is 0 Å². The number of para-hydroxylation sites is 1. The van der Waals surface area contributed by atoms with Crippen LogP contribution in [0.4, 0.5) is 10.5 Å². The number of nitrogens with zero attached hydrogens (tertiary/aromatic N) is 1. The van der Waals surface area contributed by atoms with E-state index in [0.29, 0.717) is 12.5 Å². The van der Waals surface area contributed by atoms with Crippen LogP contribution in [0.1, 0.15) is 84.7 Å². The van der Waals surface area contributed by atoms with Crippen molar-refractivity contribution in [3.05, 3.63) is 29.8 Å². The molecule has 2 aliphatic rings. The van der Waals surface area contributed by atoms with Crippen molar-refractivity contribution in [3.8, 4) is 11.8 Å². The second-order valence-electron chi connectivity index (χ2n) is 10.8. The van der Waals surface area contributed by atoms with Crippen LogP contribution in [0, 0.1) is 11.8 Å². The van der Waals surface area contributed by atoms with Gasteiger partial charge in [-0.05, 0) is 77.3 Å². The molecule has 3 amide bonds. The monoisotopic (exact) mass is 496 g/mol. The first-order chi connectivity index (χ1) is 17.1. The van der Waals surface area contributed by atoms with Gasteiger partial charge in [0.15, 0.2) is 6.61 Å². The van der Waals surface area contributed by atoms with Gasteiger partial charge in [-0.1, -0.05) is 31.0 Å². The van der Waals surface area contributed by atoms with Crippen molar-refractivity contribution in [2.75, 3.05) is 11.5 Å². The smallest absolute Gasteiger partial charge is 0.408 e. The number of nitrogens with one attached hydrogen (secondary N) is 3. The molecule has 1 aliphatic carbocycles. The molecule has 3 N–H and O–H groups in total. The molecule has 0 bridgehead atoms. The number of hydrogen-bond donors (Lipinski definition) is 3. The van der Waals surface area contributed by atoms with Gasteiger partial charge in [0.05, 0.1) is 0 Å². The molecule has 8 heteroatoms. The third kappa shape index (κ3) is 7.72. The number of alkyl carbamates (subject to hydrolysis) is 1. The molecule has 0 aromatic heterocycles. The van der Waals surface area contributed by atoms with Crippen LogP contribution in [0.5, 0.6) is 0 Å².